The van der Waals surface area contributed by atoms with Crippen LogP contribution in [-0.4, -0.2) is 23.2 Å². The normalized spacial score (nSPS) is 23.6. The van der Waals surface area contributed by atoms with Crippen LogP contribution in [0.2, 0.25) is 0 Å². The maximum Gasteiger partial charge on any atom is 0.141 e. The Morgan fingerprint density at radius 1 is 1.56 bits per heavy atom. The van der Waals surface area contributed by atoms with E-state index in [0.29, 0.717) is 12.6 Å². The molecule has 1 aromatic rings. The van der Waals surface area contributed by atoms with Gasteiger partial charge in [0.05, 0.1) is 11.8 Å². The zero-order chi connectivity index (χ0) is 11.6. The molecular weight excluding hydrogens is 207 g/mol. The second-order valence-corrected chi connectivity index (χ2v) is 4.69. The van der Waals surface area contributed by atoms with Gasteiger partial charge in [0.25, 0.3) is 0 Å². The first kappa shape index (κ1) is 11.5. The molecule has 0 radical (unpaired) electrons. The van der Waals surface area contributed by atoms with E-state index in [-0.39, 0.29) is 11.4 Å². The lowest BCUT2D eigenvalue weighted by Crippen LogP contribution is -2.42. The van der Waals surface area contributed by atoms with Crippen LogP contribution in [0.4, 0.5) is 4.39 Å². The van der Waals surface area contributed by atoms with Gasteiger partial charge in [0.2, 0.25) is 0 Å². The number of hydrogen-bond donors (Lipinski definition) is 1. The number of pyridine rings is 1. The molecule has 3 nitrogen and oxygen atoms in total. The highest BCUT2D eigenvalue weighted by Crippen LogP contribution is 2.25. The van der Waals surface area contributed by atoms with E-state index >= 15 is 0 Å². The van der Waals surface area contributed by atoms with Crippen molar-refractivity contribution in [2.24, 2.45) is 0 Å². The third kappa shape index (κ3) is 2.57. The van der Waals surface area contributed by atoms with Crippen LogP contribution >= 0.6 is 0 Å². The molecule has 0 unspecified atom stereocenters. The molecule has 0 aromatic carbocycles. The third-order valence-electron chi connectivity index (χ3n) is 3.03. The summed E-state index contributed by atoms with van der Waals surface area (Å²) in [4.78, 5) is 3.82. The first-order valence-corrected chi connectivity index (χ1v) is 5.55. The Kier molecular flexibility index (Phi) is 3.21. The van der Waals surface area contributed by atoms with Crippen molar-refractivity contribution in [3.05, 3.63) is 29.8 Å². The number of nitrogens with zero attached hydrogens (tertiary/aromatic N) is 1. The molecule has 1 N–H and O–H groups in total. The molecule has 1 aromatic heterocycles. The Labute approximate surface area is 95.0 Å². The molecule has 1 saturated heterocycles. The molecule has 0 spiro atoms. The molecule has 16 heavy (non-hydrogen) atoms. The minimum atomic E-state index is -0.291. The van der Waals surface area contributed by atoms with Crippen molar-refractivity contribution in [2.75, 3.05) is 6.61 Å². The monoisotopic (exact) mass is 224 g/mol. The van der Waals surface area contributed by atoms with Crippen LogP contribution in [0.1, 0.15) is 25.8 Å². The summed E-state index contributed by atoms with van der Waals surface area (Å²) in [5, 5.41) is 3.38. The van der Waals surface area contributed by atoms with Crippen molar-refractivity contribution in [2.45, 2.75) is 38.5 Å². The van der Waals surface area contributed by atoms with Crippen LogP contribution < -0.4 is 5.32 Å². The van der Waals surface area contributed by atoms with E-state index in [1.807, 2.05) is 0 Å². The van der Waals surface area contributed by atoms with Gasteiger partial charge in [0.15, 0.2) is 0 Å². The summed E-state index contributed by atoms with van der Waals surface area (Å²) < 4.78 is 18.5. The van der Waals surface area contributed by atoms with E-state index in [0.717, 1.165) is 18.6 Å². The maximum absolute atomic E-state index is 12.9. The van der Waals surface area contributed by atoms with E-state index in [9.17, 15) is 4.39 Å². The molecule has 2 rings (SSSR count). The molecule has 0 aliphatic carbocycles. The van der Waals surface area contributed by atoms with E-state index < -0.39 is 0 Å². The summed E-state index contributed by atoms with van der Waals surface area (Å²) >= 11 is 0. The van der Waals surface area contributed by atoms with Crippen LogP contribution in [0.5, 0.6) is 0 Å². The Balaban J connectivity index is 1.92. The predicted molar refractivity (Wildman–Crippen MR) is 59.5 cm³/mol. The zero-order valence-corrected chi connectivity index (χ0v) is 9.66. The summed E-state index contributed by atoms with van der Waals surface area (Å²) in [5.41, 5.74) is 0.725. The second-order valence-electron chi connectivity index (χ2n) is 4.69. The third-order valence-corrected chi connectivity index (χ3v) is 3.03. The first-order chi connectivity index (χ1) is 7.58. The van der Waals surface area contributed by atoms with E-state index in [1.165, 1.54) is 12.3 Å². The van der Waals surface area contributed by atoms with Crippen LogP contribution in [-0.2, 0) is 11.3 Å². The van der Waals surface area contributed by atoms with Crippen LogP contribution in [0.3, 0.4) is 0 Å². The van der Waals surface area contributed by atoms with E-state index in [1.54, 1.807) is 6.20 Å². The Morgan fingerprint density at radius 2 is 2.38 bits per heavy atom. The van der Waals surface area contributed by atoms with Crippen LogP contribution in [0.25, 0.3) is 0 Å². The highest BCUT2D eigenvalue weighted by Gasteiger charge is 2.35. The number of aromatic nitrogens is 1. The Bertz CT molecular complexity index is 368. The fourth-order valence-corrected chi connectivity index (χ4v) is 2.03. The zero-order valence-electron chi connectivity index (χ0n) is 9.66. The molecule has 88 valence electrons. The minimum absolute atomic E-state index is 0.138. The largest absolute Gasteiger partial charge is 0.374 e. The van der Waals surface area contributed by atoms with Crippen molar-refractivity contribution in [1.29, 1.82) is 0 Å². The molecule has 0 amide bonds. The average molecular weight is 224 g/mol. The van der Waals surface area contributed by atoms with Gasteiger partial charge in [-0.3, -0.25) is 4.98 Å². The van der Waals surface area contributed by atoms with Crippen molar-refractivity contribution in [3.8, 4) is 0 Å². The molecule has 2 heterocycles. The number of nitrogens with one attached hydrogen (secondary N) is 1. The molecule has 1 atom stereocenters. The number of rotatable bonds is 3. The van der Waals surface area contributed by atoms with Crippen molar-refractivity contribution in [1.82, 2.24) is 10.3 Å². The first-order valence-electron chi connectivity index (χ1n) is 5.55. The van der Waals surface area contributed by atoms with Gasteiger partial charge >= 0.3 is 0 Å². The smallest absolute Gasteiger partial charge is 0.141 e. The number of halogens is 1. The van der Waals surface area contributed by atoms with Gasteiger partial charge in [-0.1, -0.05) is 0 Å². The van der Waals surface area contributed by atoms with E-state index in [2.05, 4.69) is 24.1 Å². The molecule has 1 aliphatic rings. The Morgan fingerprint density at radius 3 is 3.00 bits per heavy atom. The van der Waals surface area contributed by atoms with Gasteiger partial charge in [-0.05, 0) is 31.9 Å². The van der Waals surface area contributed by atoms with Crippen LogP contribution in [0.15, 0.2) is 18.5 Å². The molecule has 0 bridgehead atoms. The molecule has 4 heteroatoms. The summed E-state index contributed by atoms with van der Waals surface area (Å²) in [6.07, 6.45) is 3.89. The van der Waals surface area contributed by atoms with Gasteiger partial charge in [-0.25, -0.2) is 4.39 Å². The van der Waals surface area contributed by atoms with Crippen molar-refractivity contribution < 1.29 is 9.13 Å². The van der Waals surface area contributed by atoms with Gasteiger partial charge in [-0.2, -0.15) is 0 Å². The quantitative estimate of drug-likeness (QED) is 0.851. The van der Waals surface area contributed by atoms with Gasteiger partial charge in [0.1, 0.15) is 5.82 Å². The molecular formula is C12H17FN2O. The topological polar surface area (TPSA) is 34.1 Å². The van der Waals surface area contributed by atoms with Gasteiger partial charge < -0.3 is 10.1 Å². The van der Waals surface area contributed by atoms with Crippen molar-refractivity contribution in [3.63, 3.8) is 0 Å². The SMILES string of the molecule is CC1(C)OCC[C@H]1NCc1cncc(F)c1. The highest BCUT2D eigenvalue weighted by molar-refractivity contribution is 5.10. The lowest BCUT2D eigenvalue weighted by molar-refractivity contribution is 0.0214. The predicted octanol–water partition coefficient (Wildman–Crippen LogP) is 1.88. The molecule has 1 aliphatic heterocycles. The standard InChI is InChI=1S/C12H17FN2O/c1-12(2)11(3-4-16-12)15-7-9-5-10(13)8-14-6-9/h5-6,8,11,15H,3-4,7H2,1-2H3/t11-/m1/s1. The highest BCUT2D eigenvalue weighted by atomic mass is 19.1. The average Bonchev–Trinajstić information content (AvgIpc) is 2.55. The molecule has 0 saturated carbocycles. The fourth-order valence-electron chi connectivity index (χ4n) is 2.03. The van der Waals surface area contributed by atoms with Gasteiger partial charge in [0, 0.05) is 25.4 Å². The lowest BCUT2D eigenvalue weighted by Gasteiger charge is -2.26. The summed E-state index contributed by atoms with van der Waals surface area (Å²) in [7, 11) is 0. The summed E-state index contributed by atoms with van der Waals surface area (Å²) in [5.74, 6) is -0.291. The molecule has 1 fully saturated rings. The van der Waals surface area contributed by atoms with E-state index in [4.69, 9.17) is 4.74 Å². The maximum atomic E-state index is 12.9. The minimum Gasteiger partial charge on any atom is -0.374 e. The Hall–Kier alpha value is -1.00. The fraction of sp³-hybridized carbons (Fsp3) is 0.583. The number of ether oxygens (including phenoxy) is 1. The number of hydrogen-bond acceptors (Lipinski definition) is 3. The summed E-state index contributed by atoms with van der Waals surface area (Å²) in [6.45, 7) is 5.55. The van der Waals surface area contributed by atoms with Crippen LogP contribution in [0, 0.1) is 5.82 Å². The summed E-state index contributed by atoms with van der Waals surface area (Å²) in [6, 6.07) is 1.82. The lowest BCUT2D eigenvalue weighted by atomic mass is 9.99. The van der Waals surface area contributed by atoms with Gasteiger partial charge in [-0.15, -0.1) is 0 Å². The van der Waals surface area contributed by atoms with Crippen molar-refractivity contribution >= 4 is 0 Å². The second kappa shape index (κ2) is 4.47.